The number of urea groups is 1. The number of methoxy groups -OCH3 is 1. The molecule has 1 aromatic carbocycles. The van der Waals surface area contributed by atoms with Crippen LogP contribution in [0.1, 0.15) is 37.4 Å². The van der Waals surface area contributed by atoms with Crippen LogP contribution < -0.4 is 16.0 Å². The molecule has 3 N–H and O–H groups in total. The van der Waals surface area contributed by atoms with E-state index in [0.29, 0.717) is 17.3 Å². The lowest BCUT2D eigenvalue weighted by atomic mass is 9.98. The zero-order chi connectivity index (χ0) is 20.5. The molecule has 0 unspecified atom stereocenters. The molecule has 0 aliphatic carbocycles. The maximum Gasteiger partial charge on any atom is 0.319 e. The molecule has 150 valence electrons. The van der Waals surface area contributed by atoms with Crippen LogP contribution in [0, 0.1) is 12.8 Å². The number of ether oxygens (including phenoxy) is 1. The van der Waals surface area contributed by atoms with Gasteiger partial charge in [-0.3, -0.25) is 9.78 Å². The predicted molar refractivity (Wildman–Crippen MR) is 110 cm³/mol. The minimum atomic E-state index is -0.307. The molecule has 0 saturated heterocycles. The van der Waals surface area contributed by atoms with Crippen LogP contribution in [-0.4, -0.2) is 30.6 Å². The summed E-state index contributed by atoms with van der Waals surface area (Å²) >= 11 is 0. The SMILES string of the molecule is COCC(=O)Nc1ccc(C)c(NC(=O)N[C@H](CC(C)C)c2cccnc2)c1. The van der Waals surface area contributed by atoms with Crippen LogP contribution in [0.2, 0.25) is 0 Å². The molecule has 0 fully saturated rings. The molecule has 3 amide bonds. The summed E-state index contributed by atoms with van der Waals surface area (Å²) in [7, 11) is 1.46. The monoisotopic (exact) mass is 384 g/mol. The summed E-state index contributed by atoms with van der Waals surface area (Å²) in [6.45, 7) is 6.08. The number of pyridine rings is 1. The number of hydrogen-bond acceptors (Lipinski definition) is 4. The Labute approximate surface area is 165 Å². The first-order valence-electron chi connectivity index (χ1n) is 9.26. The molecule has 0 aliphatic heterocycles. The van der Waals surface area contributed by atoms with Crippen LogP contribution >= 0.6 is 0 Å². The van der Waals surface area contributed by atoms with E-state index in [1.54, 1.807) is 24.5 Å². The molecule has 2 rings (SSSR count). The highest BCUT2D eigenvalue weighted by Gasteiger charge is 2.17. The number of benzene rings is 1. The van der Waals surface area contributed by atoms with Gasteiger partial charge in [-0.2, -0.15) is 0 Å². The van der Waals surface area contributed by atoms with Gasteiger partial charge in [-0.15, -0.1) is 0 Å². The van der Waals surface area contributed by atoms with Gasteiger partial charge in [-0.25, -0.2) is 4.79 Å². The zero-order valence-electron chi connectivity index (χ0n) is 16.8. The first-order valence-corrected chi connectivity index (χ1v) is 9.26. The summed E-state index contributed by atoms with van der Waals surface area (Å²) < 4.78 is 4.81. The van der Waals surface area contributed by atoms with Crippen molar-refractivity contribution < 1.29 is 14.3 Å². The number of nitrogens with one attached hydrogen (secondary N) is 3. The van der Waals surface area contributed by atoms with Crippen molar-refractivity contribution in [2.24, 2.45) is 5.92 Å². The maximum atomic E-state index is 12.6. The van der Waals surface area contributed by atoms with E-state index in [2.05, 4.69) is 34.8 Å². The van der Waals surface area contributed by atoms with E-state index < -0.39 is 0 Å². The lowest BCUT2D eigenvalue weighted by molar-refractivity contribution is -0.119. The van der Waals surface area contributed by atoms with E-state index in [-0.39, 0.29) is 24.6 Å². The molecule has 2 aromatic rings. The molecule has 0 saturated carbocycles. The van der Waals surface area contributed by atoms with Crippen molar-refractivity contribution in [3.63, 3.8) is 0 Å². The Morgan fingerprint density at radius 1 is 1.18 bits per heavy atom. The lowest BCUT2D eigenvalue weighted by Gasteiger charge is -2.21. The molecule has 1 atom stereocenters. The summed E-state index contributed by atoms with van der Waals surface area (Å²) in [4.78, 5) is 28.5. The van der Waals surface area contributed by atoms with E-state index >= 15 is 0 Å². The third-order valence-corrected chi connectivity index (χ3v) is 4.14. The normalized spacial score (nSPS) is 11.8. The molecule has 1 heterocycles. The third-order valence-electron chi connectivity index (χ3n) is 4.14. The Morgan fingerprint density at radius 3 is 2.61 bits per heavy atom. The van der Waals surface area contributed by atoms with E-state index in [1.165, 1.54) is 7.11 Å². The van der Waals surface area contributed by atoms with Crippen molar-refractivity contribution in [2.45, 2.75) is 33.2 Å². The number of carbonyl (C=O) groups is 2. The average Bonchev–Trinajstić information content (AvgIpc) is 2.64. The van der Waals surface area contributed by atoms with Crippen molar-refractivity contribution in [1.29, 1.82) is 0 Å². The van der Waals surface area contributed by atoms with Gasteiger partial charge in [-0.1, -0.05) is 26.0 Å². The van der Waals surface area contributed by atoms with Crippen LogP contribution in [0.15, 0.2) is 42.7 Å². The van der Waals surface area contributed by atoms with Crippen molar-refractivity contribution in [1.82, 2.24) is 10.3 Å². The number of carbonyl (C=O) groups excluding carboxylic acids is 2. The van der Waals surface area contributed by atoms with Gasteiger partial charge in [0.1, 0.15) is 6.61 Å². The quantitative estimate of drug-likeness (QED) is 0.644. The molecule has 28 heavy (non-hydrogen) atoms. The standard InChI is InChI=1S/C21H28N4O3/c1-14(2)10-19(16-6-5-9-22-12-16)25-21(27)24-18-11-17(8-7-15(18)3)23-20(26)13-28-4/h5-9,11-12,14,19H,10,13H2,1-4H3,(H,23,26)(H2,24,25,27)/t19-/m1/s1. The van der Waals surface area contributed by atoms with Gasteiger partial charge >= 0.3 is 6.03 Å². The fourth-order valence-corrected chi connectivity index (χ4v) is 2.81. The number of anilines is 2. The largest absolute Gasteiger partial charge is 0.375 e. The fraction of sp³-hybridized carbons (Fsp3) is 0.381. The Bertz CT molecular complexity index is 793. The van der Waals surface area contributed by atoms with Gasteiger partial charge in [-0.05, 0) is 48.6 Å². The first-order chi connectivity index (χ1) is 13.4. The van der Waals surface area contributed by atoms with E-state index in [1.807, 2.05) is 25.1 Å². The topological polar surface area (TPSA) is 92.4 Å². The third kappa shape index (κ3) is 6.66. The second-order valence-corrected chi connectivity index (χ2v) is 7.08. The summed E-state index contributed by atoms with van der Waals surface area (Å²) in [5.41, 5.74) is 3.07. The molecule has 0 spiro atoms. The second-order valence-electron chi connectivity index (χ2n) is 7.08. The maximum absolute atomic E-state index is 12.6. The van der Waals surface area contributed by atoms with Gasteiger partial charge in [0.25, 0.3) is 0 Å². The summed E-state index contributed by atoms with van der Waals surface area (Å²) in [6.07, 6.45) is 4.28. The van der Waals surface area contributed by atoms with Gasteiger partial charge in [0, 0.05) is 30.9 Å². The summed E-state index contributed by atoms with van der Waals surface area (Å²) in [5, 5.41) is 8.63. The Balaban J connectivity index is 2.09. The molecule has 7 heteroatoms. The number of aromatic nitrogens is 1. The zero-order valence-corrected chi connectivity index (χ0v) is 16.8. The van der Waals surface area contributed by atoms with E-state index in [0.717, 1.165) is 17.5 Å². The Kier molecular flexibility index (Phi) is 7.95. The number of nitrogens with zero attached hydrogens (tertiary/aromatic N) is 1. The smallest absolute Gasteiger partial charge is 0.319 e. The molecule has 0 aliphatic rings. The van der Waals surface area contributed by atoms with E-state index in [4.69, 9.17) is 4.74 Å². The van der Waals surface area contributed by atoms with Gasteiger partial charge in [0.05, 0.1) is 6.04 Å². The van der Waals surface area contributed by atoms with Crippen LogP contribution in [-0.2, 0) is 9.53 Å². The number of hydrogen-bond donors (Lipinski definition) is 3. The fourth-order valence-electron chi connectivity index (χ4n) is 2.81. The second kappa shape index (κ2) is 10.4. The van der Waals surface area contributed by atoms with Crippen LogP contribution in [0.4, 0.5) is 16.2 Å². The minimum Gasteiger partial charge on any atom is -0.375 e. The van der Waals surface area contributed by atoms with E-state index in [9.17, 15) is 9.59 Å². The highest BCUT2D eigenvalue weighted by molar-refractivity contribution is 5.94. The summed E-state index contributed by atoms with van der Waals surface area (Å²) in [5.74, 6) is 0.155. The van der Waals surface area contributed by atoms with Crippen molar-refractivity contribution in [2.75, 3.05) is 24.4 Å². The van der Waals surface area contributed by atoms with Crippen LogP contribution in [0.3, 0.4) is 0 Å². The Hall–Kier alpha value is -2.93. The molecule has 1 aromatic heterocycles. The molecule has 7 nitrogen and oxygen atoms in total. The van der Waals surface area contributed by atoms with Crippen LogP contribution in [0.25, 0.3) is 0 Å². The molecule has 0 radical (unpaired) electrons. The van der Waals surface area contributed by atoms with Crippen LogP contribution in [0.5, 0.6) is 0 Å². The predicted octanol–water partition coefficient (Wildman–Crippen LogP) is 3.88. The Morgan fingerprint density at radius 2 is 1.96 bits per heavy atom. The molecular weight excluding hydrogens is 356 g/mol. The number of aryl methyl sites for hydroxylation is 1. The first kappa shape index (κ1) is 21.4. The highest BCUT2D eigenvalue weighted by Crippen LogP contribution is 2.23. The number of rotatable bonds is 8. The van der Waals surface area contributed by atoms with Gasteiger partial charge in [0.15, 0.2) is 0 Å². The van der Waals surface area contributed by atoms with Crippen molar-refractivity contribution in [3.8, 4) is 0 Å². The average molecular weight is 384 g/mol. The number of amides is 3. The van der Waals surface area contributed by atoms with Crippen molar-refractivity contribution in [3.05, 3.63) is 53.9 Å². The summed E-state index contributed by atoms with van der Waals surface area (Å²) in [6, 6.07) is 8.71. The lowest BCUT2D eigenvalue weighted by Crippen LogP contribution is -2.33. The van der Waals surface area contributed by atoms with Crippen molar-refractivity contribution >= 4 is 23.3 Å². The highest BCUT2D eigenvalue weighted by atomic mass is 16.5. The minimum absolute atomic E-state index is 0.0287. The van der Waals surface area contributed by atoms with Gasteiger partial charge in [0.2, 0.25) is 5.91 Å². The molecular formula is C21H28N4O3. The van der Waals surface area contributed by atoms with Gasteiger partial charge < -0.3 is 20.7 Å². The molecule has 0 bridgehead atoms.